The van der Waals surface area contributed by atoms with E-state index in [0.717, 1.165) is 36.7 Å². The van der Waals surface area contributed by atoms with Crippen LogP contribution in [0.15, 0.2) is 68.4 Å². The van der Waals surface area contributed by atoms with Crippen molar-refractivity contribution in [2.75, 3.05) is 26.2 Å². The number of fused-ring (bicyclic) bond motifs is 2. The van der Waals surface area contributed by atoms with E-state index in [1.54, 1.807) is 24.5 Å². The zero-order valence-corrected chi connectivity index (χ0v) is 17.4. The monoisotopic (exact) mass is 435 g/mol. The molecule has 1 aliphatic rings. The SMILES string of the molecule is O=C(c1ccc(F)cc1)C1CCN(CCOc2c3occc3cc3ccc(=O)oc23)CC1. The van der Waals surface area contributed by atoms with E-state index >= 15 is 0 Å². The third-order valence-corrected chi connectivity index (χ3v) is 6.02. The second-order valence-electron chi connectivity index (χ2n) is 8.05. The average Bonchev–Trinajstić information content (AvgIpc) is 3.28. The largest absolute Gasteiger partial charge is 0.485 e. The van der Waals surface area contributed by atoms with Gasteiger partial charge < -0.3 is 13.6 Å². The molecular weight excluding hydrogens is 413 g/mol. The lowest BCUT2D eigenvalue weighted by molar-refractivity contribution is 0.0827. The second kappa shape index (κ2) is 8.59. The molecule has 0 amide bonds. The third kappa shape index (κ3) is 4.03. The lowest BCUT2D eigenvalue weighted by atomic mass is 9.89. The molecule has 0 unspecified atom stereocenters. The molecule has 5 rings (SSSR count). The zero-order chi connectivity index (χ0) is 22.1. The lowest BCUT2D eigenvalue weighted by Gasteiger charge is -2.31. The highest BCUT2D eigenvalue weighted by Crippen LogP contribution is 2.35. The van der Waals surface area contributed by atoms with E-state index in [9.17, 15) is 14.0 Å². The Balaban J connectivity index is 1.21. The smallest absolute Gasteiger partial charge is 0.336 e. The van der Waals surface area contributed by atoms with E-state index in [1.165, 1.54) is 18.2 Å². The number of furan rings is 1. The second-order valence-corrected chi connectivity index (χ2v) is 8.05. The van der Waals surface area contributed by atoms with Gasteiger partial charge in [-0.3, -0.25) is 9.69 Å². The summed E-state index contributed by atoms with van der Waals surface area (Å²) in [5.74, 6) is 0.120. The van der Waals surface area contributed by atoms with E-state index < -0.39 is 5.63 Å². The number of hydrogen-bond donors (Lipinski definition) is 0. The van der Waals surface area contributed by atoms with Gasteiger partial charge in [0.15, 0.2) is 16.9 Å². The number of carbonyl (C=O) groups excluding carboxylic acids is 1. The molecule has 1 fully saturated rings. The van der Waals surface area contributed by atoms with Crippen molar-refractivity contribution in [2.45, 2.75) is 12.8 Å². The predicted molar refractivity (Wildman–Crippen MR) is 118 cm³/mol. The van der Waals surface area contributed by atoms with E-state index in [1.807, 2.05) is 12.1 Å². The van der Waals surface area contributed by atoms with Crippen LogP contribution in [0.4, 0.5) is 4.39 Å². The van der Waals surface area contributed by atoms with Gasteiger partial charge in [-0.1, -0.05) is 0 Å². The molecule has 0 aliphatic carbocycles. The molecule has 2 aromatic heterocycles. The molecule has 0 spiro atoms. The molecule has 4 aromatic rings. The van der Waals surface area contributed by atoms with Crippen LogP contribution < -0.4 is 10.4 Å². The molecule has 164 valence electrons. The van der Waals surface area contributed by atoms with Gasteiger partial charge in [0.2, 0.25) is 5.75 Å². The minimum atomic E-state index is -0.443. The number of likely N-dealkylation sites (tertiary alicyclic amines) is 1. The van der Waals surface area contributed by atoms with Crippen LogP contribution in [-0.2, 0) is 0 Å². The Kier molecular flexibility index (Phi) is 5.49. The average molecular weight is 435 g/mol. The molecule has 3 heterocycles. The summed E-state index contributed by atoms with van der Waals surface area (Å²) in [4.78, 5) is 26.6. The van der Waals surface area contributed by atoms with Crippen molar-refractivity contribution in [1.82, 2.24) is 4.90 Å². The number of halogens is 1. The molecular formula is C25H22FNO5. The van der Waals surface area contributed by atoms with Gasteiger partial charge in [-0.2, -0.15) is 0 Å². The van der Waals surface area contributed by atoms with Crippen molar-refractivity contribution in [1.29, 1.82) is 0 Å². The summed E-state index contributed by atoms with van der Waals surface area (Å²) in [5.41, 5.74) is 1.05. The minimum Gasteiger partial charge on any atom is -0.485 e. The maximum atomic E-state index is 13.1. The van der Waals surface area contributed by atoms with Crippen molar-refractivity contribution in [3.05, 3.63) is 76.6 Å². The maximum absolute atomic E-state index is 13.1. The Morgan fingerprint density at radius 1 is 1.03 bits per heavy atom. The van der Waals surface area contributed by atoms with Gasteiger partial charge in [0, 0.05) is 34.9 Å². The van der Waals surface area contributed by atoms with Crippen LogP contribution in [0.1, 0.15) is 23.2 Å². The zero-order valence-electron chi connectivity index (χ0n) is 17.4. The molecule has 6 nitrogen and oxygen atoms in total. The van der Waals surface area contributed by atoms with Crippen LogP contribution >= 0.6 is 0 Å². The number of ether oxygens (including phenoxy) is 1. The Morgan fingerprint density at radius 3 is 2.56 bits per heavy atom. The number of rotatable bonds is 6. The topological polar surface area (TPSA) is 72.9 Å². The first-order valence-electron chi connectivity index (χ1n) is 10.7. The summed E-state index contributed by atoms with van der Waals surface area (Å²) in [6.07, 6.45) is 3.08. The highest BCUT2D eigenvalue weighted by atomic mass is 19.1. The molecule has 0 radical (unpaired) electrons. The summed E-state index contributed by atoms with van der Waals surface area (Å²) >= 11 is 0. The van der Waals surface area contributed by atoms with Gasteiger partial charge in [-0.05, 0) is 68.4 Å². The van der Waals surface area contributed by atoms with Crippen LogP contribution in [-0.4, -0.2) is 36.9 Å². The van der Waals surface area contributed by atoms with Crippen molar-refractivity contribution in [3.63, 3.8) is 0 Å². The van der Waals surface area contributed by atoms with Crippen LogP contribution in [0.2, 0.25) is 0 Å². The molecule has 7 heteroatoms. The lowest BCUT2D eigenvalue weighted by Crippen LogP contribution is -2.38. The van der Waals surface area contributed by atoms with Crippen LogP contribution in [0.25, 0.3) is 21.9 Å². The van der Waals surface area contributed by atoms with Crippen molar-refractivity contribution >= 4 is 27.7 Å². The fraction of sp³-hybridized carbons (Fsp3) is 0.280. The fourth-order valence-corrected chi connectivity index (χ4v) is 4.28. The summed E-state index contributed by atoms with van der Waals surface area (Å²) < 4.78 is 30.1. The molecule has 0 saturated carbocycles. The number of benzene rings is 2. The van der Waals surface area contributed by atoms with Gasteiger partial charge in [-0.25, -0.2) is 9.18 Å². The number of Topliss-reactive ketones (excluding diaryl/α,β-unsaturated/α-hetero) is 1. The quantitative estimate of drug-likeness (QED) is 0.324. The van der Waals surface area contributed by atoms with Crippen LogP contribution in [0.5, 0.6) is 5.75 Å². The Labute approximate surface area is 183 Å². The number of nitrogens with zero attached hydrogens (tertiary/aromatic N) is 1. The summed E-state index contributed by atoms with van der Waals surface area (Å²) in [6, 6.07) is 12.6. The molecule has 1 aliphatic heterocycles. The molecule has 0 N–H and O–H groups in total. The van der Waals surface area contributed by atoms with Gasteiger partial charge >= 0.3 is 5.63 Å². The van der Waals surface area contributed by atoms with Gasteiger partial charge in [0.1, 0.15) is 12.4 Å². The van der Waals surface area contributed by atoms with Crippen LogP contribution in [0.3, 0.4) is 0 Å². The molecule has 2 aromatic carbocycles. The number of piperidine rings is 1. The van der Waals surface area contributed by atoms with E-state index in [2.05, 4.69) is 4.90 Å². The maximum Gasteiger partial charge on any atom is 0.336 e. The number of hydrogen-bond acceptors (Lipinski definition) is 6. The first-order valence-corrected chi connectivity index (χ1v) is 10.7. The third-order valence-electron chi connectivity index (χ3n) is 6.02. The standard InChI is InChI=1S/C25H22FNO5/c26-20-4-1-16(2-5-20)22(29)17-7-10-27(11-8-17)12-14-31-25-23-19(9-13-30-23)15-18-3-6-21(28)32-24(18)25/h1-6,9,13,15,17H,7-8,10-12,14H2. The molecule has 1 saturated heterocycles. The fourth-order valence-electron chi connectivity index (χ4n) is 4.28. The summed E-state index contributed by atoms with van der Waals surface area (Å²) in [7, 11) is 0. The first-order chi connectivity index (χ1) is 15.6. The first kappa shape index (κ1) is 20.5. The summed E-state index contributed by atoms with van der Waals surface area (Å²) in [6.45, 7) is 2.63. The van der Waals surface area contributed by atoms with Crippen LogP contribution in [0, 0.1) is 11.7 Å². The Morgan fingerprint density at radius 2 is 1.78 bits per heavy atom. The minimum absolute atomic E-state index is 0.0484. The highest BCUT2D eigenvalue weighted by Gasteiger charge is 2.26. The number of carbonyl (C=O) groups is 1. The predicted octanol–water partition coefficient (Wildman–Crippen LogP) is 4.65. The van der Waals surface area contributed by atoms with E-state index in [0.29, 0.717) is 35.6 Å². The van der Waals surface area contributed by atoms with Crippen molar-refractivity contribution in [2.24, 2.45) is 5.92 Å². The number of ketones is 1. The molecule has 0 bridgehead atoms. The molecule has 0 atom stereocenters. The van der Waals surface area contributed by atoms with Crippen molar-refractivity contribution in [3.8, 4) is 5.75 Å². The van der Waals surface area contributed by atoms with Gasteiger partial charge in [0.25, 0.3) is 0 Å². The normalized spacial score (nSPS) is 15.4. The van der Waals surface area contributed by atoms with Gasteiger partial charge in [0.05, 0.1) is 6.26 Å². The Bertz CT molecular complexity index is 1320. The highest BCUT2D eigenvalue weighted by molar-refractivity contribution is 6.00. The van der Waals surface area contributed by atoms with Gasteiger partial charge in [-0.15, -0.1) is 0 Å². The van der Waals surface area contributed by atoms with Crippen molar-refractivity contribution < 1.29 is 22.8 Å². The summed E-state index contributed by atoms with van der Waals surface area (Å²) in [5, 5.41) is 1.65. The molecule has 32 heavy (non-hydrogen) atoms. The van der Waals surface area contributed by atoms with E-state index in [4.69, 9.17) is 13.6 Å². The Hall–Kier alpha value is -3.45. The van der Waals surface area contributed by atoms with E-state index in [-0.39, 0.29) is 17.5 Å².